The van der Waals surface area contributed by atoms with Crippen LogP contribution in [0.5, 0.6) is 0 Å². The summed E-state index contributed by atoms with van der Waals surface area (Å²) in [6, 6.07) is 0.632. The van der Waals surface area contributed by atoms with Gasteiger partial charge >= 0.3 is 0 Å². The molecular formula is C10H20F2N2. The highest BCUT2D eigenvalue weighted by Gasteiger charge is 2.26. The fraction of sp³-hybridized carbons (Fsp3) is 1.00. The molecule has 14 heavy (non-hydrogen) atoms. The Bertz CT molecular complexity index is 164. The van der Waals surface area contributed by atoms with Gasteiger partial charge in [0.1, 0.15) is 0 Å². The lowest BCUT2D eigenvalue weighted by molar-refractivity contribution is 0.0471. The number of piperazine rings is 1. The van der Waals surface area contributed by atoms with E-state index in [4.69, 9.17) is 0 Å². The number of alkyl halides is 2. The molecule has 0 amide bonds. The lowest BCUT2D eigenvalue weighted by atomic mass is 10.1. The lowest BCUT2D eigenvalue weighted by Gasteiger charge is -2.38. The van der Waals surface area contributed by atoms with Crippen LogP contribution in [-0.2, 0) is 0 Å². The summed E-state index contributed by atoms with van der Waals surface area (Å²) in [5.74, 6) is 0. The average Bonchev–Trinajstić information content (AvgIpc) is 2.10. The summed E-state index contributed by atoms with van der Waals surface area (Å²) in [7, 11) is 0. The molecule has 84 valence electrons. The van der Waals surface area contributed by atoms with Gasteiger partial charge in [-0.25, -0.2) is 8.78 Å². The second-order valence-electron chi connectivity index (χ2n) is 4.09. The maximum Gasteiger partial charge on any atom is 0.251 e. The van der Waals surface area contributed by atoms with Crippen LogP contribution in [-0.4, -0.2) is 43.0 Å². The maximum atomic E-state index is 12.2. The molecule has 2 unspecified atom stereocenters. The molecule has 2 nitrogen and oxygen atoms in total. The number of hydrogen-bond donors (Lipinski definition) is 1. The van der Waals surface area contributed by atoms with Crippen molar-refractivity contribution in [2.45, 2.75) is 45.2 Å². The zero-order chi connectivity index (χ0) is 10.6. The molecule has 1 N–H and O–H groups in total. The van der Waals surface area contributed by atoms with E-state index in [1.54, 1.807) is 0 Å². The van der Waals surface area contributed by atoms with Gasteiger partial charge < -0.3 is 5.32 Å². The zero-order valence-corrected chi connectivity index (χ0v) is 8.97. The van der Waals surface area contributed by atoms with Crippen LogP contribution in [0.2, 0.25) is 0 Å². The van der Waals surface area contributed by atoms with E-state index in [1.807, 2.05) is 11.8 Å². The molecule has 0 bridgehead atoms. The summed E-state index contributed by atoms with van der Waals surface area (Å²) in [4.78, 5) is 1.89. The van der Waals surface area contributed by atoms with E-state index >= 15 is 0 Å². The first kappa shape index (κ1) is 11.9. The van der Waals surface area contributed by atoms with Gasteiger partial charge in [0.15, 0.2) is 0 Å². The minimum absolute atomic E-state index is 0.0803. The molecule has 1 aliphatic rings. The van der Waals surface area contributed by atoms with Crippen LogP contribution in [0.3, 0.4) is 0 Å². The van der Waals surface area contributed by atoms with Crippen molar-refractivity contribution >= 4 is 0 Å². The Kier molecular flexibility index (Phi) is 4.75. The molecule has 4 heteroatoms. The molecule has 0 radical (unpaired) electrons. The van der Waals surface area contributed by atoms with E-state index in [0.29, 0.717) is 6.04 Å². The van der Waals surface area contributed by atoms with Crippen LogP contribution < -0.4 is 5.32 Å². The van der Waals surface area contributed by atoms with Gasteiger partial charge in [-0.3, -0.25) is 4.90 Å². The third-order valence-corrected chi connectivity index (χ3v) is 2.79. The second kappa shape index (κ2) is 5.61. The predicted octanol–water partition coefficient (Wildman–Crippen LogP) is 1.71. The molecule has 0 spiro atoms. The van der Waals surface area contributed by atoms with Gasteiger partial charge in [0.05, 0.1) is 6.54 Å². The largest absolute Gasteiger partial charge is 0.311 e. The maximum absolute atomic E-state index is 12.2. The van der Waals surface area contributed by atoms with Crippen molar-refractivity contribution < 1.29 is 8.78 Å². The van der Waals surface area contributed by atoms with Crippen LogP contribution in [0.4, 0.5) is 8.78 Å². The van der Waals surface area contributed by atoms with Gasteiger partial charge in [-0.15, -0.1) is 0 Å². The van der Waals surface area contributed by atoms with Crippen LogP contribution in [0.1, 0.15) is 26.7 Å². The van der Waals surface area contributed by atoms with Gasteiger partial charge in [0.2, 0.25) is 0 Å². The summed E-state index contributed by atoms with van der Waals surface area (Å²) in [5, 5.41) is 3.39. The second-order valence-corrected chi connectivity index (χ2v) is 4.09. The van der Waals surface area contributed by atoms with E-state index in [2.05, 4.69) is 12.2 Å². The van der Waals surface area contributed by atoms with Crippen LogP contribution in [0.25, 0.3) is 0 Å². The highest BCUT2D eigenvalue weighted by Crippen LogP contribution is 2.11. The number of halogens is 2. The SMILES string of the molecule is CCCC1CN(CC(F)F)C(C)CN1. The molecule has 2 atom stereocenters. The number of hydrogen-bond acceptors (Lipinski definition) is 2. The summed E-state index contributed by atoms with van der Waals surface area (Å²) >= 11 is 0. The van der Waals surface area contributed by atoms with Crippen LogP contribution in [0.15, 0.2) is 0 Å². The monoisotopic (exact) mass is 206 g/mol. The third kappa shape index (κ3) is 3.50. The Balaban J connectivity index is 2.38. The van der Waals surface area contributed by atoms with Crippen molar-refractivity contribution in [1.82, 2.24) is 10.2 Å². The van der Waals surface area contributed by atoms with Crippen LogP contribution >= 0.6 is 0 Å². The normalized spacial score (nSPS) is 29.8. The Morgan fingerprint density at radius 3 is 2.79 bits per heavy atom. The first-order valence-corrected chi connectivity index (χ1v) is 5.39. The number of rotatable bonds is 4. The van der Waals surface area contributed by atoms with E-state index in [-0.39, 0.29) is 12.6 Å². The van der Waals surface area contributed by atoms with Gasteiger partial charge in [-0.05, 0) is 13.3 Å². The van der Waals surface area contributed by atoms with E-state index < -0.39 is 6.43 Å². The Morgan fingerprint density at radius 1 is 1.50 bits per heavy atom. The highest BCUT2D eigenvalue weighted by molar-refractivity contribution is 4.83. The predicted molar refractivity (Wildman–Crippen MR) is 53.7 cm³/mol. The first-order valence-electron chi connectivity index (χ1n) is 5.39. The van der Waals surface area contributed by atoms with Gasteiger partial charge in [0, 0.05) is 25.2 Å². The fourth-order valence-corrected chi connectivity index (χ4v) is 1.97. The Hall–Kier alpha value is -0.220. The molecule has 0 aliphatic carbocycles. The minimum atomic E-state index is -2.21. The Morgan fingerprint density at radius 2 is 2.21 bits per heavy atom. The van der Waals surface area contributed by atoms with Crippen molar-refractivity contribution in [1.29, 1.82) is 0 Å². The fourth-order valence-electron chi connectivity index (χ4n) is 1.97. The smallest absolute Gasteiger partial charge is 0.251 e. The van der Waals surface area contributed by atoms with Crippen molar-refractivity contribution in [3.05, 3.63) is 0 Å². The number of nitrogens with zero attached hydrogens (tertiary/aromatic N) is 1. The number of nitrogens with one attached hydrogen (secondary N) is 1. The minimum Gasteiger partial charge on any atom is -0.311 e. The topological polar surface area (TPSA) is 15.3 Å². The molecule has 0 aromatic heterocycles. The Labute approximate surface area is 84.7 Å². The van der Waals surface area contributed by atoms with Crippen molar-refractivity contribution in [2.75, 3.05) is 19.6 Å². The van der Waals surface area contributed by atoms with Crippen molar-refractivity contribution in [3.63, 3.8) is 0 Å². The molecule has 1 aliphatic heterocycles. The molecule has 0 saturated carbocycles. The van der Waals surface area contributed by atoms with Crippen LogP contribution in [0, 0.1) is 0 Å². The quantitative estimate of drug-likeness (QED) is 0.753. The zero-order valence-electron chi connectivity index (χ0n) is 8.97. The molecule has 0 aromatic carbocycles. The van der Waals surface area contributed by atoms with E-state index in [0.717, 1.165) is 25.9 Å². The standard InChI is InChI=1S/C10H20F2N2/c1-3-4-9-6-14(7-10(11)12)8(2)5-13-9/h8-10,13H,3-7H2,1-2H3. The summed E-state index contributed by atoms with van der Waals surface area (Å²) in [6.07, 6.45) is -0.0288. The summed E-state index contributed by atoms with van der Waals surface area (Å²) < 4.78 is 24.5. The molecule has 1 fully saturated rings. The highest BCUT2D eigenvalue weighted by atomic mass is 19.3. The summed E-state index contributed by atoms with van der Waals surface area (Å²) in [5.41, 5.74) is 0. The third-order valence-electron chi connectivity index (χ3n) is 2.79. The molecule has 1 saturated heterocycles. The van der Waals surface area contributed by atoms with E-state index in [1.165, 1.54) is 0 Å². The lowest BCUT2D eigenvalue weighted by Crippen LogP contribution is -2.56. The van der Waals surface area contributed by atoms with Gasteiger partial charge in [-0.2, -0.15) is 0 Å². The van der Waals surface area contributed by atoms with Gasteiger partial charge in [-0.1, -0.05) is 13.3 Å². The van der Waals surface area contributed by atoms with Crippen molar-refractivity contribution in [3.8, 4) is 0 Å². The van der Waals surface area contributed by atoms with Gasteiger partial charge in [0.25, 0.3) is 6.43 Å². The van der Waals surface area contributed by atoms with Crippen molar-refractivity contribution in [2.24, 2.45) is 0 Å². The van der Waals surface area contributed by atoms with E-state index in [9.17, 15) is 8.78 Å². The summed E-state index contributed by atoms with van der Waals surface area (Å²) in [6.45, 7) is 5.63. The molecular weight excluding hydrogens is 186 g/mol. The first-order chi connectivity index (χ1) is 6.63. The average molecular weight is 206 g/mol. The molecule has 1 rings (SSSR count). The molecule has 1 heterocycles. The molecule has 0 aromatic rings.